The third-order valence-electron chi connectivity index (χ3n) is 3.81. The third-order valence-corrected chi connectivity index (χ3v) is 4.04. The topological polar surface area (TPSA) is 60.3 Å². The highest BCUT2D eigenvalue weighted by molar-refractivity contribution is 6.30. The quantitative estimate of drug-likeness (QED) is 0.849. The lowest BCUT2D eigenvalue weighted by atomic mass is 10.1. The first-order valence-corrected chi connectivity index (χ1v) is 7.45. The predicted molar refractivity (Wildman–Crippen MR) is 81.8 cm³/mol. The summed E-state index contributed by atoms with van der Waals surface area (Å²) < 4.78 is 7.54. The van der Waals surface area contributed by atoms with Gasteiger partial charge >= 0.3 is 0 Å². The Morgan fingerprint density at radius 3 is 2.95 bits per heavy atom. The summed E-state index contributed by atoms with van der Waals surface area (Å²) >= 11 is 5.95. The number of hydrogen-bond acceptors (Lipinski definition) is 4. The smallest absolute Gasteiger partial charge is 0.254 e. The second-order valence-electron chi connectivity index (χ2n) is 5.37. The van der Waals surface area contributed by atoms with E-state index >= 15 is 0 Å². The molecule has 1 aromatic carbocycles. The van der Waals surface area contributed by atoms with E-state index in [2.05, 4.69) is 10.2 Å². The van der Waals surface area contributed by atoms with Gasteiger partial charge in [-0.05, 0) is 30.7 Å². The second-order valence-corrected chi connectivity index (χ2v) is 5.81. The molecule has 0 saturated carbocycles. The van der Waals surface area contributed by atoms with Crippen molar-refractivity contribution in [3.05, 3.63) is 46.5 Å². The number of rotatable bonds is 2. The molecule has 1 atom stereocenters. The van der Waals surface area contributed by atoms with E-state index in [4.69, 9.17) is 16.3 Å². The Kier molecular flexibility index (Phi) is 4.13. The molecule has 116 valence electrons. The van der Waals surface area contributed by atoms with Crippen LogP contribution in [0.2, 0.25) is 5.02 Å². The molecule has 0 spiro atoms. The van der Waals surface area contributed by atoms with Crippen molar-refractivity contribution in [1.29, 1.82) is 0 Å². The molecule has 0 aliphatic carbocycles. The third kappa shape index (κ3) is 2.84. The van der Waals surface area contributed by atoms with Crippen LogP contribution in [0.3, 0.4) is 0 Å². The molecular formula is C15H17ClN4O2. The van der Waals surface area contributed by atoms with E-state index in [-0.39, 0.29) is 12.0 Å². The molecular weight excluding hydrogens is 304 g/mol. The molecule has 0 radical (unpaired) electrons. The highest BCUT2D eigenvalue weighted by Crippen LogP contribution is 2.23. The lowest BCUT2D eigenvalue weighted by Crippen LogP contribution is -2.43. The minimum atomic E-state index is -0.252. The van der Waals surface area contributed by atoms with Gasteiger partial charge in [0.2, 0.25) is 0 Å². The fourth-order valence-corrected chi connectivity index (χ4v) is 2.84. The van der Waals surface area contributed by atoms with Gasteiger partial charge in [-0.3, -0.25) is 4.79 Å². The molecule has 1 aliphatic heterocycles. The fourth-order valence-electron chi connectivity index (χ4n) is 2.61. The maximum absolute atomic E-state index is 12.7. The highest BCUT2D eigenvalue weighted by Gasteiger charge is 2.29. The summed E-state index contributed by atoms with van der Waals surface area (Å²) in [6.07, 6.45) is 1.38. The Hall–Kier alpha value is -1.92. The van der Waals surface area contributed by atoms with Crippen LogP contribution in [0, 0.1) is 6.92 Å². The number of nitrogens with zero attached hydrogens (tertiary/aromatic N) is 4. The van der Waals surface area contributed by atoms with Gasteiger partial charge in [-0.15, -0.1) is 10.2 Å². The highest BCUT2D eigenvalue weighted by atomic mass is 35.5. The molecule has 0 N–H and O–H groups in total. The number of hydrogen-bond donors (Lipinski definition) is 0. The molecule has 1 aromatic heterocycles. The van der Waals surface area contributed by atoms with Crippen LogP contribution in [0.1, 0.15) is 27.8 Å². The largest absolute Gasteiger partial charge is 0.366 e. The summed E-state index contributed by atoms with van der Waals surface area (Å²) in [6, 6.07) is 5.31. The summed E-state index contributed by atoms with van der Waals surface area (Å²) in [5.74, 6) is 0.718. The van der Waals surface area contributed by atoms with Gasteiger partial charge in [0.15, 0.2) is 5.82 Å². The van der Waals surface area contributed by atoms with Crippen LogP contribution in [0.15, 0.2) is 24.5 Å². The van der Waals surface area contributed by atoms with E-state index in [1.807, 2.05) is 18.5 Å². The first-order valence-electron chi connectivity index (χ1n) is 7.07. The average Bonchev–Trinajstić information content (AvgIpc) is 2.93. The number of ether oxygens (including phenoxy) is 1. The van der Waals surface area contributed by atoms with Crippen molar-refractivity contribution in [2.24, 2.45) is 7.05 Å². The molecule has 7 heteroatoms. The van der Waals surface area contributed by atoms with Gasteiger partial charge < -0.3 is 14.2 Å². The average molecular weight is 321 g/mol. The van der Waals surface area contributed by atoms with Crippen molar-refractivity contribution >= 4 is 17.5 Å². The van der Waals surface area contributed by atoms with Gasteiger partial charge in [0, 0.05) is 24.2 Å². The number of aromatic nitrogens is 3. The monoisotopic (exact) mass is 320 g/mol. The molecule has 3 rings (SSSR count). The van der Waals surface area contributed by atoms with Crippen LogP contribution < -0.4 is 0 Å². The number of morpholine rings is 1. The van der Waals surface area contributed by atoms with Crippen molar-refractivity contribution < 1.29 is 9.53 Å². The van der Waals surface area contributed by atoms with Gasteiger partial charge in [-0.2, -0.15) is 0 Å². The van der Waals surface area contributed by atoms with Gasteiger partial charge in [-0.25, -0.2) is 0 Å². The van der Waals surface area contributed by atoms with Crippen molar-refractivity contribution in [3.63, 3.8) is 0 Å². The van der Waals surface area contributed by atoms with Crippen molar-refractivity contribution in [1.82, 2.24) is 19.7 Å². The molecule has 1 amide bonds. The Morgan fingerprint density at radius 2 is 2.27 bits per heavy atom. The number of aryl methyl sites for hydroxylation is 2. The predicted octanol–water partition coefficient (Wildman–Crippen LogP) is 1.99. The molecule has 1 saturated heterocycles. The first kappa shape index (κ1) is 15.0. The number of benzene rings is 1. The van der Waals surface area contributed by atoms with E-state index in [9.17, 15) is 4.79 Å². The zero-order chi connectivity index (χ0) is 15.7. The van der Waals surface area contributed by atoms with Crippen LogP contribution in [0.25, 0.3) is 0 Å². The summed E-state index contributed by atoms with van der Waals surface area (Å²) in [5, 5.41) is 8.56. The standard InChI is InChI=1S/C15H17ClN4O2/c1-10-7-11(16)3-4-12(10)15(21)20-5-6-22-13(8-20)14-18-17-9-19(14)2/h3-4,7,9,13H,5-6,8H2,1-2H3/t13-/m0/s1. The molecule has 6 nitrogen and oxygen atoms in total. The lowest BCUT2D eigenvalue weighted by molar-refractivity contribution is -0.0281. The number of amides is 1. The summed E-state index contributed by atoms with van der Waals surface area (Å²) in [5.41, 5.74) is 1.54. The Balaban J connectivity index is 1.79. The summed E-state index contributed by atoms with van der Waals surface area (Å²) in [6.45, 7) is 3.40. The van der Waals surface area contributed by atoms with Crippen molar-refractivity contribution in [3.8, 4) is 0 Å². The molecule has 1 fully saturated rings. The molecule has 1 aliphatic rings. The van der Waals surface area contributed by atoms with Gasteiger partial charge in [0.1, 0.15) is 12.4 Å². The number of carbonyl (C=O) groups excluding carboxylic acids is 1. The zero-order valence-corrected chi connectivity index (χ0v) is 13.2. The van der Waals surface area contributed by atoms with E-state index in [1.165, 1.54) is 0 Å². The van der Waals surface area contributed by atoms with E-state index in [1.54, 1.807) is 29.4 Å². The van der Waals surface area contributed by atoms with Gasteiger partial charge in [-0.1, -0.05) is 11.6 Å². The van der Waals surface area contributed by atoms with Gasteiger partial charge in [0.25, 0.3) is 5.91 Å². The molecule has 2 aromatic rings. The molecule has 0 unspecified atom stereocenters. The lowest BCUT2D eigenvalue weighted by Gasteiger charge is -2.32. The van der Waals surface area contributed by atoms with Crippen LogP contribution in [0.4, 0.5) is 0 Å². The molecule has 2 heterocycles. The Labute approximate surface area is 133 Å². The Morgan fingerprint density at radius 1 is 1.45 bits per heavy atom. The molecule has 22 heavy (non-hydrogen) atoms. The van der Waals surface area contributed by atoms with Crippen molar-refractivity contribution in [2.45, 2.75) is 13.0 Å². The second kappa shape index (κ2) is 6.06. The SMILES string of the molecule is Cc1cc(Cl)ccc1C(=O)N1CCO[C@H](c2nncn2C)C1. The zero-order valence-electron chi connectivity index (χ0n) is 12.5. The summed E-state index contributed by atoms with van der Waals surface area (Å²) in [4.78, 5) is 14.5. The van der Waals surface area contributed by atoms with E-state index in [0.29, 0.717) is 30.3 Å². The number of halogens is 1. The summed E-state index contributed by atoms with van der Waals surface area (Å²) in [7, 11) is 1.86. The minimum absolute atomic E-state index is 0.00960. The molecule has 0 bridgehead atoms. The van der Waals surface area contributed by atoms with E-state index < -0.39 is 0 Å². The maximum Gasteiger partial charge on any atom is 0.254 e. The van der Waals surface area contributed by atoms with Crippen LogP contribution >= 0.6 is 11.6 Å². The minimum Gasteiger partial charge on any atom is -0.366 e. The van der Waals surface area contributed by atoms with Gasteiger partial charge in [0.05, 0.1) is 13.2 Å². The normalized spacial score (nSPS) is 18.5. The first-order chi connectivity index (χ1) is 10.6. The number of carbonyl (C=O) groups is 1. The fraction of sp³-hybridized carbons (Fsp3) is 0.400. The van der Waals surface area contributed by atoms with Crippen molar-refractivity contribution in [2.75, 3.05) is 19.7 Å². The Bertz CT molecular complexity index is 701. The maximum atomic E-state index is 12.7. The van der Waals surface area contributed by atoms with Crippen LogP contribution in [-0.2, 0) is 11.8 Å². The van der Waals surface area contributed by atoms with Crippen LogP contribution in [-0.4, -0.2) is 45.3 Å². The van der Waals surface area contributed by atoms with Crippen LogP contribution in [0.5, 0.6) is 0 Å². The van der Waals surface area contributed by atoms with E-state index in [0.717, 1.165) is 11.4 Å².